The SMILES string of the molecule is O=C(COC(=O)/C(=C/c1cccs1)c1cccs1)NC1CCCCC1. The molecule has 1 aliphatic carbocycles. The van der Waals surface area contributed by atoms with Crippen molar-refractivity contribution in [3.63, 3.8) is 0 Å². The first-order valence-corrected chi connectivity index (χ1v) is 10.2. The molecule has 1 fully saturated rings. The highest BCUT2D eigenvalue weighted by Gasteiger charge is 2.19. The predicted octanol–water partition coefficient (Wildman–Crippen LogP) is 4.34. The van der Waals surface area contributed by atoms with Gasteiger partial charge in [0.25, 0.3) is 5.91 Å². The Balaban J connectivity index is 1.60. The number of ether oxygens (including phenoxy) is 1. The zero-order valence-electron chi connectivity index (χ0n) is 13.9. The van der Waals surface area contributed by atoms with Gasteiger partial charge < -0.3 is 10.1 Å². The largest absolute Gasteiger partial charge is 0.452 e. The van der Waals surface area contributed by atoms with Gasteiger partial charge in [0.05, 0.1) is 5.57 Å². The molecule has 25 heavy (non-hydrogen) atoms. The molecule has 0 saturated heterocycles. The van der Waals surface area contributed by atoms with Gasteiger partial charge in [-0.25, -0.2) is 4.79 Å². The van der Waals surface area contributed by atoms with Crippen LogP contribution >= 0.6 is 22.7 Å². The average Bonchev–Trinajstić information content (AvgIpc) is 3.32. The number of esters is 1. The van der Waals surface area contributed by atoms with Crippen molar-refractivity contribution in [2.45, 2.75) is 38.1 Å². The summed E-state index contributed by atoms with van der Waals surface area (Å²) in [4.78, 5) is 26.4. The van der Waals surface area contributed by atoms with E-state index in [1.165, 1.54) is 17.8 Å². The fraction of sp³-hybridized carbons (Fsp3) is 0.368. The zero-order valence-corrected chi connectivity index (χ0v) is 15.5. The van der Waals surface area contributed by atoms with Crippen LogP contribution in [-0.4, -0.2) is 24.5 Å². The van der Waals surface area contributed by atoms with E-state index in [4.69, 9.17) is 4.74 Å². The molecule has 1 aliphatic rings. The molecule has 1 N–H and O–H groups in total. The van der Waals surface area contributed by atoms with E-state index in [0.717, 1.165) is 35.4 Å². The monoisotopic (exact) mass is 375 g/mol. The summed E-state index contributed by atoms with van der Waals surface area (Å²) in [5, 5.41) is 6.84. The lowest BCUT2D eigenvalue weighted by atomic mass is 9.95. The first kappa shape index (κ1) is 17.9. The summed E-state index contributed by atoms with van der Waals surface area (Å²) < 4.78 is 5.27. The molecule has 2 aromatic heterocycles. The molecule has 1 saturated carbocycles. The van der Waals surface area contributed by atoms with Crippen molar-refractivity contribution in [2.24, 2.45) is 0 Å². The van der Waals surface area contributed by atoms with Crippen LogP contribution < -0.4 is 5.32 Å². The van der Waals surface area contributed by atoms with E-state index >= 15 is 0 Å². The number of carbonyl (C=O) groups is 2. The third-order valence-electron chi connectivity index (χ3n) is 4.14. The molecule has 132 valence electrons. The molecular formula is C19H21NO3S2. The van der Waals surface area contributed by atoms with Gasteiger partial charge in [0.2, 0.25) is 0 Å². The topological polar surface area (TPSA) is 55.4 Å². The van der Waals surface area contributed by atoms with Crippen LogP contribution in [0.4, 0.5) is 0 Å². The van der Waals surface area contributed by atoms with Gasteiger partial charge in [-0.05, 0) is 41.8 Å². The zero-order chi connectivity index (χ0) is 17.5. The van der Waals surface area contributed by atoms with Gasteiger partial charge in [0, 0.05) is 15.8 Å². The molecule has 0 atom stereocenters. The molecule has 4 nitrogen and oxygen atoms in total. The standard InChI is InChI=1S/C19H21NO3S2/c21-18(20-14-6-2-1-3-7-14)13-23-19(22)16(17-9-5-11-25-17)12-15-8-4-10-24-15/h4-5,8-12,14H,1-3,6-7,13H2,(H,20,21)/b16-12+. The highest BCUT2D eigenvalue weighted by atomic mass is 32.1. The summed E-state index contributed by atoms with van der Waals surface area (Å²) in [5.41, 5.74) is 0.489. The number of thiophene rings is 2. The minimum Gasteiger partial charge on any atom is -0.452 e. The highest BCUT2D eigenvalue weighted by Crippen LogP contribution is 2.25. The van der Waals surface area contributed by atoms with Crippen molar-refractivity contribution in [3.05, 3.63) is 44.8 Å². The quantitative estimate of drug-likeness (QED) is 0.603. The number of hydrogen-bond donors (Lipinski definition) is 1. The first-order chi connectivity index (χ1) is 12.2. The minimum atomic E-state index is -0.463. The lowest BCUT2D eigenvalue weighted by Crippen LogP contribution is -2.38. The van der Waals surface area contributed by atoms with E-state index in [0.29, 0.717) is 5.57 Å². The summed E-state index contributed by atoms with van der Waals surface area (Å²) in [6.07, 6.45) is 7.38. The summed E-state index contributed by atoms with van der Waals surface area (Å²) >= 11 is 3.03. The number of hydrogen-bond acceptors (Lipinski definition) is 5. The van der Waals surface area contributed by atoms with E-state index < -0.39 is 5.97 Å². The number of carbonyl (C=O) groups excluding carboxylic acids is 2. The van der Waals surface area contributed by atoms with Crippen LogP contribution in [0.3, 0.4) is 0 Å². The third-order valence-corrected chi connectivity index (χ3v) is 5.86. The molecule has 0 bridgehead atoms. The summed E-state index contributed by atoms with van der Waals surface area (Å²) in [6.45, 7) is -0.234. The second kappa shape index (κ2) is 8.97. The molecule has 1 amide bonds. The van der Waals surface area contributed by atoms with Gasteiger partial charge in [0.15, 0.2) is 6.61 Å². The fourth-order valence-electron chi connectivity index (χ4n) is 2.90. The Bertz CT molecular complexity index is 714. The van der Waals surface area contributed by atoms with Gasteiger partial charge in [-0.2, -0.15) is 0 Å². The Kier molecular flexibility index (Phi) is 6.42. The molecule has 0 spiro atoms. The fourth-order valence-corrected chi connectivity index (χ4v) is 4.29. The van der Waals surface area contributed by atoms with Crippen LogP contribution in [0.5, 0.6) is 0 Å². The number of rotatable bonds is 6. The first-order valence-electron chi connectivity index (χ1n) is 8.48. The van der Waals surface area contributed by atoms with E-state index in [1.54, 1.807) is 11.3 Å². The van der Waals surface area contributed by atoms with Crippen LogP contribution in [0.25, 0.3) is 11.6 Å². The Morgan fingerprint density at radius 3 is 2.56 bits per heavy atom. The molecule has 0 unspecified atom stereocenters. The van der Waals surface area contributed by atoms with Gasteiger partial charge in [0.1, 0.15) is 0 Å². The molecule has 0 radical (unpaired) electrons. The summed E-state index contributed by atoms with van der Waals surface area (Å²) in [6, 6.07) is 7.88. The third kappa shape index (κ3) is 5.28. The molecule has 3 rings (SSSR count). The maximum Gasteiger partial charge on any atom is 0.340 e. The lowest BCUT2D eigenvalue weighted by molar-refractivity contribution is -0.143. The normalized spacial score (nSPS) is 15.8. The van der Waals surface area contributed by atoms with Crippen molar-refractivity contribution in [1.82, 2.24) is 5.32 Å². The molecule has 0 aromatic carbocycles. The predicted molar refractivity (Wildman–Crippen MR) is 102 cm³/mol. The summed E-state index contributed by atoms with van der Waals surface area (Å²) in [7, 11) is 0. The molecular weight excluding hydrogens is 354 g/mol. The molecule has 0 aliphatic heterocycles. The maximum atomic E-state index is 12.5. The smallest absolute Gasteiger partial charge is 0.340 e. The highest BCUT2D eigenvalue weighted by molar-refractivity contribution is 7.12. The Labute approximate surface area is 155 Å². The van der Waals surface area contributed by atoms with Gasteiger partial charge in [-0.15, -0.1) is 22.7 Å². The van der Waals surface area contributed by atoms with Crippen LogP contribution in [0.1, 0.15) is 41.9 Å². The van der Waals surface area contributed by atoms with Crippen molar-refractivity contribution in [2.75, 3.05) is 6.61 Å². The Morgan fingerprint density at radius 1 is 1.12 bits per heavy atom. The van der Waals surface area contributed by atoms with Crippen molar-refractivity contribution < 1.29 is 14.3 Å². The lowest BCUT2D eigenvalue weighted by Gasteiger charge is -2.22. The van der Waals surface area contributed by atoms with Gasteiger partial charge in [-0.3, -0.25) is 4.79 Å². The van der Waals surface area contributed by atoms with Crippen molar-refractivity contribution in [1.29, 1.82) is 0 Å². The van der Waals surface area contributed by atoms with Gasteiger partial charge in [-0.1, -0.05) is 31.4 Å². The number of nitrogens with one attached hydrogen (secondary N) is 1. The van der Waals surface area contributed by atoms with Crippen LogP contribution in [0.2, 0.25) is 0 Å². The van der Waals surface area contributed by atoms with Crippen molar-refractivity contribution >= 4 is 46.2 Å². The van der Waals surface area contributed by atoms with E-state index in [-0.39, 0.29) is 18.6 Å². The average molecular weight is 376 g/mol. The molecule has 2 heterocycles. The van der Waals surface area contributed by atoms with Crippen LogP contribution in [-0.2, 0) is 14.3 Å². The minimum absolute atomic E-state index is 0.220. The maximum absolute atomic E-state index is 12.5. The number of amides is 1. The second-order valence-electron chi connectivity index (χ2n) is 6.03. The Hall–Kier alpha value is -1.92. The van der Waals surface area contributed by atoms with Gasteiger partial charge >= 0.3 is 5.97 Å². The summed E-state index contributed by atoms with van der Waals surface area (Å²) in [5.74, 6) is -0.684. The van der Waals surface area contributed by atoms with Crippen LogP contribution in [0, 0.1) is 0 Å². The molecule has 6 heteroatoms. The van der Waals surface area contributed by atoms with E-state index in [1.807, 2.05) is 41.1 Å². The van der Waals surface area contributed by atoms with E-state index in [9.17, 15) is 9.59 Å². The van der Waals surface area contributed by atoms with E-state index in [2.05, 4.69) is 5.32 Å². The second-order valence-corrected chi connectivity index (χ2v) is 7.96. The Morgan fingerprint density at radius 2 is 1.88 bits per heavy atom. The van der Waals surface area contributed by atoms with Crippen molar-refractivity contribution in [3.8, 4) is 0 Å². The molecule has 2 aromatic rings. The van der Waals surface area contributed by atoms with Crippen LogP contribution in [0.15, 0.2) is 35.0 Å².